The largest absolute Gasteiger partial charge is 0.508 e. The predicted octanol–water partition coefficient (Wildman–Crippen LogP) is 2.62. The van der Waals surface area contributed by atoms with Gasteiger partial charge in [-0.15, -0.1) is 0 Å². The van der Waals surface area contributed by atoms with E-state index in [1.807, 2.05) is 31.2 Å². The molecule has 3 heteroatoms. The van der Waals surface area contributed by atoms with Crippen molar-refractivity contribution in [2.24, 2.45) is 0 Å². The maximum absolute atomic E-state index is 9.41. The van der Waals surface area contributed by atoms with E-state index < -0.39 is 0 Å². The van der Waals surface area contributed by atoms with Crippen LogP contribution in [0.4, 0.5) is 0 Å². The topological polar surface area (TPSA) is 49.7 Å². The van der Waals surface area contributed by atoms with Crippen molar-refractivity contribution in [3.63, 3.8) is 0 Å². The van der Waals surface area contributed by atoms with Crippen LogP contribution in [0, 0.1) is 18.8 Å². The number of phenolic OH excluding ortho intramolecular Hbond substituents is 1. The van der Waals surface area contributed by atoms with E-state index in [-0.39, 0.29) is 12.4 Å². The Labute approximate surface area is 118 Å². The highest BCUT2D eigenvalue weighted by atomic mass is 16.5. The Morgan fingerprint density at radius 1 is 1.15 bits per heavy atom. The molecule has 2 rings (SSSR count). The lowest BCUT2D eigenvalue weighted by Crippen LogP contribution is -1.97. The normalized spacial score (nSPS) is 9.70. The van der Waals surface area contributed by atoms with Crippen LogP contribution in [0.25, 0.3) is 0 Å². The van der Waals surface area contributed by atoms with Crippen LogP contribution in [0.2, 0.25) is 0 Å². The third-order valence-corrected chi connectivity index (χ3v) is 2.74. The fourth-order valence-electron chi connectivity index (χ4n) is 1.81. The van der Waals surface area contributed by atoms with Crippen molar-refractivity contribution < 1.29 is 14.9 Å². The molecule has 0 radical (unpaired) electrons. The van der Waals surface area contributed by atoms with Gasteiger partial charge in [-0.3, -0.25) is 0 Å². The molecule has 102 valence electrons. The van der Waals surface area contributed by atoms with Crippen LogP contribution in [0.3, 0.4) is 0 Å². The SMILES string of the molecule is Cc1ccc(OCc2cccc(O)c2)c(C#CCO)c1. The van der Waals surface area contributed by atoms with E-state index in [9.17, 15) is 5.11 Å². The summed E-state index contributed by atoms with van der Waals surface area (Å²) in [4.78, 5) is 0. The molecule has 0 saturated carbocycles. The average Bonchev–Trinajstić information content (AvgIpc) is 2.44. The minimum Gasteiger partial charge on any atom is -0.508 e. The Balaban J connectivity index is 2.16. The quantitative estimate of drug-likeness (QED) is 0.841. The number of ether oxygens (including phenoxy) is 1. The van der Waals surface area contributed by atoms with Crippen molar-refractivity contribution >= 4 is 0 Å². The van der Waals surface area contributed by atoms with E-state index in [2.05, 4.69) is 11.8 Å². The minimum absolute atomic E-state index is 0.181. The van der Waals surface area contributed by atoms with Crippen LogP contribution < -0.4 is 4.74 Å². The van der Waals surface area contributed by atoms with Gasteiger partial charge in [0.15, 0.2) is 0 Å². The number of rotatable bonds is 3. The monoisotopic (exact) mass is 268 g/mol. The number of hydrogen-bond acceptors (Lipinski definition) is 3. The van der Waals surface area contributed by atoms with Crippen molar-refractivity contribution in [2.75, 3.05) is 6.61 Å². The van der Waals surface area contributed by atoms with Gasteiger partial charge in [0.05, 0.1) is 5.56 Å². The first-order chi connectivity index (χ1) is 9.69. The Morgan fingerprint density at radius 2 is 2.00 bits per heavy atom. The predicted molar refractivity (Wildman–Crippen MR) is 77.6 cm³/mol. The Hall–Kier alpha value is -2.44. The molecule has 2 aromatic carbocycles. The van der Waals surface area contributed by atoms with Crippen LogP contribution >= 0.6 is 0 Å². The number of hydrogen-bond donors (Lipinski definition) is 2. The maximum Gasteiger partial charge on any atom is 0.135 e. The number of aryl methyl sites for hydroxylation is 1. The van der Waals surface area contributed by atoms with Gasteiger partial charge in [-0.25, -0.2) is 0 Å². The molecule has 0 amide bonds. The number of aromatic hydroxyl groups is 1. The third kappa shape index (κ3) is 3.78. The van der Waals surface area contributed by atoms with E-state index in [4.69, 9.17) is 9.84 Å². The van der Waals surface area contributed by atoms with Gasteiger partial charge in [0.2, 0.25) is 0 Å². The van der Waals surface area contributed by atoms with Crippen LogP contribution in [-0.4, -0.2) is 16.8 Å². The van der Waals surface area contributed by atoms with E-state index in [1.54, 1.807) is 18.2 Å². The van der Waals surface area contributed by atoms with Gasteiger partial charge in [-0.2, -0.15) is 0 Å². The average molecular weight is 268 g/mol. The van der Waals surface area contributed by atoms with Gasteiger partial charge in [0.25, 0.3) is 0 Å². The second-order valence-corrected chi connectivity index (χ2v) is 4.42. The van der Waals surface area contributed by atoms with Crippen molar-refractivity contribution in [1.82, 2.24) is 0 Å². The number of phenols is 1. The summed E-state index contributed by atoms with van der Waals surface area (Å²) in [6, 6.07) is 12.7. The molecule has 3 nitrogen and oxygen atoms in total. The fraction of sp³-hybridized carbons (Fsp3) is 0.176. The first-order valence-electron chi connectivity index (χ1n) is 6.30. The van der Waals surface area contributed by atoms with Gasteiger partial charge >= 0.3 is 0 Å². The summed E-state index contributed by atoms with van der Waals surface area (Å²) in [5, 5.41) is 18.2. The minimum atomic E-state index is -0.181. The van der Waals surface area contributed by atoms with Crippen molar-refractivity contribution in [2.45, 2.75) is 13.5 Å². The summed E-state index contributed by atoms with van der Waals surface area (Å²) < 4.78 is 5.73. The number of aliphatic hydroxyl groups is 1. The molecule has 20 heavy (non-hydrogen) atoms. The van der Waals surface area contributed by atoms with E-state index >= 15 is 0 Å². The molecule has 0 bridgehead atoms. The highest BCUT2D eigenvalue weighted by molar-refractivity contribution is 5.48. The van der Waals surface area contributed by atoms with Gasteiger partial charge < -0.3 is 14.9 Å². The zero-order valence-electron chi connectivity index (χ0n) is 11.3. The molecule has 2 N–H and O–H groups in total. The van der Waals surface area contributed by atoms with E-state index in [1.165, 1.54) is 0 Å². The maximum atomic E-state index is 9.41. The first-order valence-corrected chi connectivity index (χ1v) is 6.30. The molecular formula is C17H16O3. The van der Waals surface area contributed by atoms with Crippen molar-refractivity contribution in [3.8, 4) is 23.3 Å². The lowest BCUT2D eigenvalue weighted by atomic mass is 10.1. The van der Waals surface area contributed by atoms with Gasteiger partial charge in [-0.05, 0) is 42.3 Å². The summed E-state index contributed by atoms with van der Waals surface area (Å²) in [5.41, 5.74) is 2.71. The molecule has 2 aromatic rings. The molecule has 0 aliphatic heterocycles. The number of aliphatic hydroxyl groups excluding tert-OH is 1. The standard InChI is InChI=1S/C17H16O3/c1-13-7-8-17(15(10-13)5-3-9-18)20-12-14-4-2-6-16(19)11-14/h2,4,6-8,10-11,18-19H,9,12H2,1H3. The van der Waals surface area contributed by atoms with Crippen LogP contribution in [0.15, 0.2) is 42.5 Å². The molecule has 0 aromatic heterocycles. The molecule has 0 heterocycles. The molecule has 0 fully saturated rings. The molecule has 0 spiro atoms. The third-order valence-electron chi connectivity index (χ3n) is 2.74. The Kier molecular flexibility index (Phi) is 4.65. The highest BCUT2D eigenvalue weighted by Gasteiger charge is 2.03. The second kappa shape index (κ2) is 6.65. The first kappa shape index (κ1) is 14.0. The molecule has 0 atom stereocenters. The van der Waals surface area contributed by atoms with Gasteiger partial charge in [-0.1, -0.05) is 30.0 Å². The van der Waals surface area contributed by atoms with Crippen molar-refractivity contribution in [1.29, 1.82) is 0 Å². The molecular weight excluding hydrogens is 252 g/mol. The molecule has 0 aliphatic carbocycles. The summed E-state index contributed by atoms with van der Waals surface area (Å²) in [5.74, 6) is 6.39. The highest BCUT2D eigenvalue weighted by Crippen LogP contribution is 2.21. The lowest BCUT2D eigenvalue weighted by Gasteiger charge is -2.09. The van der Waals surface area contributed by atoms with Crippen molar-refractivity contribution in [3.05, 3.63) is 59.2 Å². The molecule has 0 unspecified atom stereocenters. The molecule has 0 saturated heterocycles. The van der Waals surface area contributed by atoms with Crippen LogP contribution in [0.5, 0.6) is 11.5 Å². The second-order valence-electron chi connectivity index (χ2n) is 4.42. The summed E-state index contributed by atoms with van der Waals surface area (Å²) in [6.45, 7) is 2.15. The fourth-order valence-corrected chi connectivity index (χ4v) is 1.81. The zero-order chi connectivity index (χ0) is 14.4. The zero-order valence-corrected chi connectivity index (χ0v) is 11.3. The van der Waals surface area contributed by atoms with Crippen LogP contribution in [0.1, 0.15) is 16.7 Å². The van der Waals surface area contributed by atoms with Gasteiger partial charge in [0, 0.05) is 0 Å². The molecule has 0 aliphatic rings. The summed E-state index contributed by atoms with van der Waals surface area (Å²) in [6.07, 6.45) is 0. The van der Waals surface area contributed by atoms with Crippen LogP contribution in [-0.2, 0) is 6.61 Å². The summed E-state index contributed by atoms with van der Waals surface area (Å²) in [7, 11) is 0. The Morgan fingerprint density at radius 3 is 2.75 bits per heavy atom. The van der Waals surface area contributed by atoms with Gasteiger partial charge in [0.1, 0.15) is 24.7 Å². The lowest BCUT2D eigenvalue weighted by molar-refractivity contribution is 0.304. The smallest absolute Gasteiger partial charge is 0.135 e. The van der Waals surface area contributed by atoms with E-state index in [0.29, 0.717) is 12.4 Å². The Bertz CT molecular complexity index is 651. The summed E-state index contributed by atoms with van der Waals surface area (Å²) >= 11 is 0. The van der Waals surface area contributed by atoms with E-state index in [0.717, 1.165) is 16.7 Å². The number of benzene rings is 2.